The van der Waals surface area contributed by atoms with E-state index < -0.39 is 0 Å². The van der Waals surface area contributed by atoms with Crippen LogP contribution in [0, 0.1) is 6.92 Å². The summed E-state index contributed by atoms with van der Waals surface area (Å²) in [6.45, 7) is 1.98. The number of carbonyl (C=O) groups is 1. The molecule has 0 aliphatic heterocycles. The molecule has 2 N–H and O–H groups in total. The van der Waals surface area contributed by atoms with Crippen molar-refractivity contribution in [1.29, 1.82) is 0 Å². The maximum absolute atomic E-state index is 12.4. The third kappa shape index (κ3) is 2.96. The molecule has 0 saturated carbocycles. The Bertz CT molecular complexity index is 625. The van der Waals surface area contributed by atoms with Gasteiger partial charge >= 0.3 is 0 Å². The fourth-order valence-corrected chi connectivity index (χ4v) is 2.27. The zero-order valence-electron chi connectivity index (χ0n) is 10.9. The van der Waals surface area contributed by atoms with E-state index in [1.54, 1.807) is 36.2 Å². The molecule has 3 nitrogen and oxygen atoms in total. The number of anilines is 2. The molecule has 2 aromatic carbocycles. The lowest BCUT2D eigenvalue weighted by Gasteiger charge is -2.20. The SMILES string of the molecule is Cc1ccc(Br)cc1N(C)C(=O)c1cccc(N)c1. The first-order valence-corrected chi connectivity index (χ1v) is 6.68. The quantitative estimate of drug-likeness (QED) is 0.860. The van der Waals surface area contributed by atoms with Crippen molar-refractivity contribution in [3.05, 3.63) is 58.1 Å². The number of aryl methyl sites for hydroxylation is 1. The van der Waals surface area contributed by atoms with Crippen molar-refractivity contribution in [3.8, 4) is 0 Å². The number of nitrogen functional groups attached to an aromatic ring is 1. The number of amides is 1. The van der Waals surface area contributed by atoms with E-state index in [4.69, 9.17) is 5.73 Å². The number of nitrogens with zero attached hydrogens (tertiary/aromatic N) is 1. The maximum atomic E-state index is 12.4. The van der Waals surface area contributed by atoms with Crippen LogP contribution in [0.4, 0.5) is 11.4 Å². The molecule has 0 fully saturated rings. The van der Waals surface area contributed by atoms with E-state index in [1.165, 1.54) is 0 Å². The van der Waals surface area contributed by atoms with E-state index in [-0.39, 0.29) is 5.91 Å². The van der Waals surface area contributed by atoms with Gasteiger partial charge in [0.2, 0.25) is 0 Å². The van der Waals surface area contributed by atoms with Crippen molar-refractivity contribution in [1.82, 2.24) is 0 Å². The first kappa shape index (κ1) is 13.6. The molecule has 19 heavy (non-hydrogen) atoms. The first-order valence-electron chi connectivity index (χ1n) is 5.89. The Morgan fingerprint density at radius 1 is 1.21 bits per heavy atom. The summed E-state index contributed by atoms with van der Waals surface area (Å²) >= 11 is 3.42. The third-order valence-corrected chi connectivity index (χ3v) is 3.46. The number of rotatable bonds is 2. The Morgan fingerprint density at radius 3 is 2.63 bits per heavy atom. The van der Waals surface area contributed by atoms with Crippen molar-refractivity contribution in [2.75, 3.05) is 17.7 Å². The molecule has 98 valence electrons. The molecule has 0 bridgehead atoms. The molecule has 0 saturated heterocycles. The second-order valence-electron chi connectivity index (χ2n) is 4.42. The number of nitrogens with two attached hydrogens (primary N) is 1. The van der Waals surface area contributed by atoms with E-state index in [9.17, 15) is 4.79 Å². The Hall–Kier alpha value is -1.81. The highest BCUT2D eigenvalue weighted by Gasteiger charge is 2.15. The van der Waals surface area contributed by atoms with Gasteiger partial charge in [0.1, 0.15) is 0 Å². The second-order valence-corrected chi connectivity index (χ2v) is 5.34. The molecule has 0 radical (unpaired) electrons. The monoisotopic (exact) mass is 318 g/mol. The van der Waals surface area contributed by atoms with Gasteiger partial charge in [0.15, 0.2) is 0 Å². The van der Waals surface area contributed by atoms with Crippen LogP contribution in [0.1, 0.15) is 15.9 Å². The zero-order chi connectivity index (χ0) is 14.0. The largest absolute Gasteiger partial charge is 0.399 e. The smallest absolute Gasteiger partial charge is 0.258 e. The van der Waals surface area contributed by atoms with Gasteiger partial charge < -0.3 is 10.6 Å². The van der Waals surface area contributed by atoms with Gasteiger partial charge in [0, 0.05) is 28.5 Å². The molecule has 0 atom stereocenters. The molecular formula is C15H15BrN2O. The van der Waals surface area contributed by atoms with Gasteiger partial charge in [-0.1, -0.05) is 28.1 Å². The average Bonchev–Trinajstić information content (AvgIpc) is 2.40. The topological polar surface area (TPSA) is 46.3 Å². The third-order valence-electron chi connectivity index (χ3n) is 2.97. The molecule has 1 amide bonds. The minimum Gasteiger partial charge on any atom is -0.399 e. The van der Waals surface area contributed by atoms with Gasteiger partial charge in [-0.3, -0.25) is 4.79 Å². The van der Waals surface area contributed by atoms with Gasteiger partial charge in [-0.05, 0) is 42.8 Å². The predicted octanol–water partition coefficient (Wildman–Crippen LogP) is 3.62. The van der Waals surface area contributed by atoms with Crippen LogP contribution >= 0.6 is 15.9 Å². The Kier molecular flexibility index (Phi) is 3.90. The van der Waals surface area contributed by atoms with Crippen LogP contribution in [0.25, 0.3) is 0 Å². The van der Waals surface area contributed by atoms with Crippen molar-refractivity contribution < 1.29 is 4.79 Å². The van der Waals surface area contributed by atoms with Crippen LogP contribution in [0.3, 0.4) is 0 Å². The summed E-state index contributed by atoms with van der Waals surface area (Å²) in [4.78, 5) is 14.0. The highest BCUT2D eigenvalue weighted by atomic mass is 79.9. The molecule has 2 aromatic rings. The second kappa shape index (κ2) is 5.45. The van der Waals surface area contributed by atoms with E-state index >= 15 is 0 Å². The van der Waals surface area contributed by atoms with Crippen LogP contribution in [-0.4, -0.2) is 13.0 Å². The fourth-order valence-electron chi connectivity index (χ4n) is 1.92. The van der Waals surface area contributed by atoms with Crippen LogP contribution in [-0.2, 0) is 0 Å². The lowest BCUT2D eigenvalue weighted by atomic mass is 10.1. The van der Waals surface area contributed by atoms with Crippen molar-refractivity contribution in [2.45, 2.75) is 6.92 Å². The van der Waals surface area contributed by atoms with Crippen molar-refractivity contribution in [2.24, 2.45) is 0 Å². The Labute approximate surface area is 121 Å². The molecule has 0 aromatic heterocycles. The number of halogens is 1. The minimum absolute atomic E-state index is 0.0755. The van der Waals surface area contributed by atoms with Crippen molar-refractivity contribution >= 4 is 33.2 Å². The number of hydrogen-bond donors (Lipinski definition) is 1. The first-order chi connectivity index (χ1) is 8.99. The van der Waals surface area contributed by atoms with E-state index in [0.29, 0.717) is 11.3 Å². The summed E-state index contributed by atoms with van der Waals surface area (Å²) in [7, 11) is 1.76. The molecule has 2 rings (SSSR count). The van der Waals surface area contributed by atoms with Crippen molar-refractivity contribution in [3.63, 3.8) is 0 Å². The lowest BCUT2D eigenvalue weighted by Crippen LogP contribution is -2.27. The van der Waals surface area contributed by atoms with Gasteiger partial charge in [-0.25, -0.2) is 0 Å². The van der Waals surface area contributed by atoms with Gasteiger partial charge in [0.05, 0.1) is 0 Å². The summed E-state index contributed by atoms with van der Waals surface area (Å²) < 4.78 is 0.945. The number of benzene rings is 2. The average molecular weight is 319 g/mol. The predicted molar refractivity (Wildman–Crippen MR) is 82.5 cm³/mol. The Balaban J connectivity index is 2.36. The molecule has 4 heteroatoms. The highest BCUT2D eigenvalue weighted by molar-refractivity contribution is 9.10. The molecular weight excluding hydrogens is 304 g/mol. The van der Waals surface area contributed by atoms with E-state index in [2.05, 4.69) is 15.9 Å². The van der Waals surface area contributed by atoms with Crippen LogP contribution in [0.5, 0.6) is 0 Å². The summed E-state index contributed by atoms with van der Waals surface area (Å²) in [5, 5.41) is 0. The number of hydrogen-bond acceptors (Lipinski definition) is 2. The number of carbonyl (C=O) groups excluding carboxylic acids is 1. The lowest BCUT2D eigenvalue weighted by molar-refractivity contribution is 0.0993. The molecule has 0 aliphatic rings. The van der Waals surface area contributed by atoms with Gasteiger partial charge in [-0.2, -0.15) is 0 Å². The van der Waals surface area contributed by atoms with Crippen LogP contribution < -0.4 is 10.6 Å². The highest BCUT2D eigenvalue weighted by Crippen LogP contribution is 2.25. The summed E-state index contributed by atoms with van der Waals surface area (Å²) in [6, 6.07) is 12.9. The van der Waals surface area contributed by atoms with E-state index in [1.807, 2.05) is 25.1 Å². The summed E-state index contributed by atoms with van der Waals surface area (Å²) in [5.74, 6) is -0.0755. The van der Waals surface area contributed by atoms with Gasteiger partial charge in [0.25, 0.3) is 5.91 Å². The summed E-state index contributed by atoms with van der Waals surface area (Å²) in [6.07, 6.45) is 0. The standard InChI is InChI=1S/C15H15BrN2O/c1-10-6-7-12(16)9-14(10)18(2)15(19)11-4-3-5-13(17)8-11/h3-9H,17H2,1-2H3. The summed E-state index contributed by atoms with van der Waals surface area (Å²) in [5.41, 5.74) is 8.81. The molecule has 0 aliphatic carbocycles. The van der Waals surface area contributed by atoms with E-state index in [0.717, 1.165) is 15.7 Å². The zero-order valence-corrected chi connectivity index (χ0v) is 12.4. The maximum Gasteiger partial charge on any atom is 0.258 e. The molecule has 0 heterocycles. The van der Waals surface area contributed by atoms with Crippen LogP contribution in [0.15, 0.2) is 46.9 Å². The Morgan fingerprint density at radius 2 is 1.95 bits per heavy atom. The normalized spacial score (nSPS) is 10.3. The fraction of sp³-hybridized carbons (Fsp3) is 0.133. The molecule has 0 unspecified atom stereocenters. The van der Waals surface area contributed by atoms with Gasteiger partial charge in [-0.15, -0.1) is 0 Å². The van der Waals surface area contributed by atoms with Crippen LogP contribution in [0.2, 0.25) is 0 Å². The minimum atomic E-state index is -0.0755. The molecule has 0 spiro atoms.